The van der Waals surface area contributed by atoms with Crippen LogP contribution in [0.25, 0.3) is 22.0 Å². The molecule has 2 atom stereocenters. The number of pyridine rings is 3. The zero-order valence-corrected chi connectivity index (χ0v) is 15.7. The smallest absolute Gasteiger partial charge is 0.230 e. The van der Waals surface area contributed by atoms with Crippen LogP contribution in [0.4, 0.5) is 11.6 Å². The van der Waals surface area contributed by atoms with Crippen molar-refractivity contribution in [2.45, 2.75) is 26.2 Å². The molecule has 0 aromatic carbocycles. The molecule has 3 heterocycles. The molecule has 1 fully saturated rings. The van der Waals surface area contributed by atoms with E-state index in [0.29, 0.717) is 24.0 Å². The zero-order chi connectivity index (χ0) is 19.8. The highest BCUT2D eigenvalue weighted by Crippen LogP contribution is 2.38. The van der Waals surface area contributed by atoms with Crippen LogP contribution in [0, 0.1) is 23.2 Å². The van der Waals surface area contributed by atoms with Crippen LogP contribution in [0.3, 0.4) is 0 Å². The molecule has 4 rings (SSSR count). The second-order valence-corrected chi connectivity index (χ2v) is 7.37. The molecule has 1 aliphatic rings. The lowest BCUT2D eigenvalue weighted by Gasteiger charge is -2.13. The van der Waals surface area contributed by atoms with E-state index in [-0.39, 0.29) is 17.7 Å². The Morgan fingerprint density at radius 1 is 1.36 bits per heavy atom. The summed E-state index contributed by atoms with van der Waals surface area (Å²) in [6.07, 6.45) is 5.78. The number of amides is 1. The molecule has 140 valence electrons. The Morgan fingerprint density at radius 2 is 2.18 bits per heavy atom. The first-order valence-corrected chi connectivity index (χ1v) is 9.19. The molecule has 2 unspecified atom stereocenters. The van der Waals surface area contributed by atoms with Crippen LogP contribution in [-0.2, 0) is 4.79 Å². The Labute approximate surface area is 162 Å². The molecule has 1 amide bonds. The molecule has 0 bridgehead atoms. The summed E-state index contributed by atoms with van der Waals surface area (Å²) >= 11 is 0. The third-order valence-corrected chi connectivity index (χ3v) is 5.04. The molecule has 3 aromatic heterocycles. The summed E-state index contributed by atoms with van der Waals surface area (Å²) in [5.74, 6) is 0.526. The first kappa shape index (κ1) is 17.9. The summed E-state index contributed by atoms with van der Waals surface area (Å²) in [5, 5.41) is 13.2. The number of aromatic nitrogens is 3. The number of nitrogens with two attached hydrogens (primary N) is 1. The van der Waals surface area contributed by atoms with Crippen LogP contribution in [0.5, 0.6) is 0 Å². The Balaban J connectivity index is 1.71. The quantitative estimate of drug-likeness (QED) is 0.724. The van der Waals surface area contributed by atoms with Gasteiger partial charge in [-0.25, -0.2) is 9.97 Å². The fourth-order valence-electron chi connectivity index (χ4n) is 3.35. The SMILES string of the molecule is CC(C)c1ccncc1-c1cc2cc(NC(=O)C3CC3C#N)ncc2c(N)n1. The van der Waals surface area contributed by atoms with Gasteiger partial charge >= 0.3 is 0 Å². The second kappa shape index (κ2) is 6.89. The number of fused-ring (bicyclic) bond motifs is 1. The van der Waals surface area contributed by atoms with E-state index in [1.807, 2.05) is 12.1 Å². The number of nitrogen functional groups attached to an aromatic ring is 1. The highest BCUT2D eigenvalue weighted by Gasteiger charge is 2.43. The van der Waals surface area contributed by atoms with Crippen LogP contribution >= 0.6 is 0 Å². The van der Waals surface area contributed by atoms with E-state index in [9.17, 15) is 4.79 Å². The predicted octanol–water partition coefficient (Wildman–Crippen LogP) is 3.50. The molecular weight excluding hydrogens is 352 g/mol. The molecule has 0 aliphatic heterocycles. The van der Waals surface area contributed by atoms with Crippen molar-refractivity contribution in [1.82, 2.24) is 15.0 Å². The molecule has 0 spiro atoms. The van der Waals surface area contributed by atoms with Crippen molar-refractivity contribution in [2.75, 3.05) is 11.1 Å². The van der Waals surface area contributed by atoms with E-state index < -0.39 is 0 Å². The third kappa shape index (κ3) is 3.25. The minimum atomic E-state index is -0.246. The third-order valence-electron chi connectivity index (χ3n) is 5.04. The molecular formula is C21H20N6O. The number of nitrogens with zero attached hydrogens (tertiary/aromatic N) is 4. The first-order valence-electron chi connectivity index (χ1n) is 9.19. The maximum atomic E-state index is 12.2. The van der Waals surface area contributed by atoms with Crippen molar-refractivity contribution in [1.29, 1.82) is 5.26 Å². The summed E-state index contributed by atoms with van der Waals surface area (Å²) in [6.45, 7) is 4.24. The zero-order valence-electron chi connectivity index (χ0n) is 15.7. The van der Waals surface area contributed by atoms with Crippen LogP contribution in [-0.4, -0.2) is 20.9 Å². The van der Waals surface area contributed by atoms with E-state index in [2.05, 4.69) is 40.2 Å². The number of nitriles is 1. The number of nitrogens with one attached hydrogen (secondary N) is 1. The van der Waals surface area contributed by atoms with Gasteiger partial charge in [0.1, 0.15) is 11.6 Å². The number of carbonyl (C=O) groups excluding carboxylic acids is 1. The topological polar surface area (TPSA) is 118 Å². The van der Waals surface area contributed by atoms with Crippen LogP contribution in [0.1, 0.15) is 31.7 Å². The molecule has 1 aliphatic carbocycles. The molecule has 3 aromatic rings. The molecule has 1 saturated carbocycles. The van der Waals surface area contributed by atoms with E-state index in [1.165, 1.54) is 0 Å². The van der Waals surface area contributed by atoms with Gasteiger partial charge in [-0.1, -0.05) is 13.8 Å². The van der Waals surface area contributed by atoms with E-state index in [4.69, 9.17) is 11.0 Å². The van der Waals surface area contributed by atoms with Gasteiger partial charge in [0.25, 0.3) is 0 Å². The fourth-order valence-corrected chi connectivity index (χ4v) is 3.35. The normalized spacial score (nSPS) is 18.1. The standard InChI is InChI=1S/C21H20N6O/c1-11(2)14-3-4-24-9-17(14)18-6-12-7-19(25-10-16(12)20(23)26-18)27-21(28)15-5-13(15)8-22/h3-4,6-7,9-11,13,15H,5H2,1-2H3,(H2,23,26)(H,25,27,28). The average molecular weight is 372 g/mol. The number of carbonyl (C=O) groups is 1. The molecule has 3 N–H and O–H groups in total. The van der Waals surface area contributed by atoms with E-state index >= 15 is 0 Å². The number of rotatable bonds is 4. The number of hydrogen-bond acceptors (Lipinski definition) is 6. The van der Waals surface area contributed by atoms with Crippen molar-refractivity contribution in [3.05, 3.63) is 42.4 Å². The van der Waals surface area contributed by atoms with Crippen LogP contribution in [0.15, 0.2) is 36.8 Å². The molecule has 7 nitrogen and oxygen atoms in total. The van der Waals surface area contributed by atoms with Gasteiger partial charge in [-0.05, 0) is 41.5 Å². The Hall–Kier alpha value is -3.53. The average Bonchev–Trinajstić information content (AvgIpc) is 3.47. The summed E-state index contributed by atoms with van der Waals surface area (Å²) in [7, 11) is 0. The predicted molar refractivity (Wildman–Crippen MR) is 107 cm³/mol. The molecule has 28 heavy (non-hydrogen) atoms. The van der Waals surface area contributed by atoms with E-state index in [0.717, 1.165) is 27.6 Å². The summed E-state index contributed by atoms with van der Waals surface area (Å²) in [4.78, 5) is 25.3. The van der Waals surface area contributed by atoms with Crippen molar-refractivity contribution >= 4 is 28.3 Å². The summed E-state index contributed by atoms with van der Waals surface area (Å²) < 4.78 is 0. The lowest BCUT2D eigenvalue weighted by molar-refractivity contribution is -0.117. The van der Waals surface area contributed by atoms with Gasteiger partial charge in [-0.15, -0.1) is 0 Å². The van der Waals surface area contributed by atoms with Gasteiger partial charge in [0.05, 0.1) is 23.6 Å². The Morgan fingerprint density at radius 3 is 2.89 bits per heavy atom. The van der Waals surface area contributed by atoms with Gasteiger partial charge in [-0.2, -0.15) is 5.26 Å². The summed E-state index contributed by atoms with van der Waals surface area (Å²) in [5.41, 5.74) is 8.98. The van der Waals surface area contributed by atoms with Crippen molar-refractivity contribution < 1.29 is 4.79 Å². The largest absolute Gasteiger partial charge is 0.383 e. The van der Waals surface area contributed by atoms with Crippen LogP contribution < -0.4 is 11.1 Å². The lowest BCUT2D eigenvalue weighted by Crippen LogP contribution is -2.15. The van der Waals surface area contributed by atoms with Gasteiger partial charge in [-0.3, -0.25) is 9.78 Å². The maximum absolute atomic E-state index is 12.2. The van der Waals surface area contributed by atoms with E-state index in [1.54, 1.807) is 24.7 Å². The van der Waals surface area contributed by atoms with Crippen molar-refractivity contribution in [3.63, 3.8) is 0 Å². The van der Waals surface area contributed by atoms with Gasteiger partial charge in [0.2, 0.25) is 5.91 Å². The Kier molecular flexibility index (Phi) is 4.40. The maximum Gasteiger partial charge on any atom is 0.230 e. The summed E-state index contributed by atoms with van der Waals surface area (Å²) in [6, 6.07) is 7.82. The lowest BCUT2D eigenvalue weighted by atomic mass is 9.96. The van der Waals surface area contributed by atoms with Crippen molar-refractivity contribution in [2.24, 2.45) is 11.8 Å². The van der Waals surface area contributed by atoms with Gasteiger partial charge in [0, 0.05) is 29.5 Å². The molecule has 0 saturated heterocycles. The monoisotopic (exact) mass is 372 g/mol. The molecule has 0 radical (unpaired) electrons. The minimum absolute atomic E-state index is 0.171. The Bertz CT molecular complexity index is 1120. The van der Waals surface area contributed by atoms with Crippen LogP contribution in [0.2, 0.25) is 0 Å². The highest BCUT2D eigenvalue weighted by atomic mass is 16.2. The number of anilines is 2. The first-order chi connectivity index (χ1) is 13.5. The molecule has 7 heteroatoms. The minimum Gasteiger partial charge on any atom is -0.383 e. The fraction of sp³-hybridized carbons (Fsp3) is 0.286. The van der Waals surface area contributed by atoms with Crippen molar-refractivity contribution in [3.8, 4) is 17.3 Å². The highest BCUT2D eigenvalue weighted by molar-refractivity contribution is 5.98. The second-order valence-electron chi connectivity index (χ2n) is 7.37. The van der Waals surface area contributed by atoms with Gasteiger partial charge < -0.3 is 11.1 Å². The van der Waals surface area contributed by atoms with Gasteiger partial charge in [0.15, 0.2) is 0 Å². The number of hydrogen-bond donors (Lipinski definition) is 2.